The van der Waals surface area contributed by atoms with Crippen LogP contribution in [0.2, 0.25) is 0 Å². The van der Waals surface area contributed by atoms with Crippen LogP contribution < -0.4 is 14.4 Å². The lowest BCUT2D eigenvalue weighted by molar-refractivity contribution is 0.310. The van der Waals surface area contributed by atoms with Crippen LogP contribution in [-0.2, 0) is 6.54 Å². The first-order valence-electron chi connectivity index (χ1n) is 8.91. The number of anilines is 1. The van der Waals surface area contributed by atoms with Gasteiger partial charge in [0.2, 0.25) is 0 Å². The van der Waals surface area contributed by atoms with E-state index in [4.69, 9.17) is 14.5 Å². The molecule has 0 atom stereocenters. The molecule has 0 aliphatic heterocycles. The van der Waals surface area contributed by atoms with E-state index in [1.54, 1.807) is 7.11 Å². The molecule has 0 bridgehead atoms. The molecule has 136 valence electrons. The number of hydrogen-bond donors (Lipinski definition) is 0. The summed E-state index contributed by atoms with van der Waals surface area (Å²) >= 11 is 0. The van der Waals surface area contributed by atoms with Crippen molar-refractivity contribution in [2.75, 3.05) is 25.7 Å². The van der Waals surface area contributed by atoms with Gasteiger partial charge in [0.05, 0.1) is 19.2 Å². The van der Waals surface area contributed by atoms with Crippen molar-refractivity contribution in [2.24, 2.45) is 0 Å². The van der Waals surface area contributed by atoms with E-state index < -0.39 is 0 Å². The van der Waals surface area contributed by atoms with E-state index in [9.17, 15) is 0 Å². The molecule has 4 heteroatoms. The van der Waals surface area contributed by atoms with E-state index in [0.717, 1.165) is 34.9 Å². The molecule has 1 aromatic heterocycles. The van der Waals surface area contributed by atoms with Crippen LogP contribution >= 0.6 is 0 Å². The molecule has 0 radical (unpaired) electrons. The second-order valence-corrected chi connectivity index (χ2v) is 6.54. The highest BCUT2D eigenvalue weighted by atomic mass is 16.5. The molecule has 0 spiro atoms. The SMILES string of the molecule is CCOc1ccc(CN(C)c2cc(C)c3cccc(C)c3n2)cc1OC. The summed E-state index contributed by atoms with van der Waals surface area (Å²) in [6.07, 6.45) is 0. The maximum absolute atomic E-state index is 5.60. The minimum absolute atomic E-state index is 0.620. The molecule has 3 rings (SSSR count). The number of aryl methyl sites for hydroxylation is 2. The van der Waals surface area contributed by atoms with Crippen molar-refractivity contribution in [3.05, 3.63) is 59.2 Å². The summed E-state index contributed by atoms with van der Waals surface area (Å²) in [4.78, 5) is 7.05. The van der Waals surface area contributed by atoms with Crippen LogP contribution in [0.5, 0.6) is 11.5 Å². The van der Waals surface area contributed by atoms with Gasteiger partial charge in [0, 0.05) is 19.0 Å². The van der Waals surface area contributed by atoms with Crippen molar-refractivity contribution in [3.63, 3.8) is 0 Å². The topological polar surface area (TPSA) is 34.6 Å². The number of benzene rings is 2. The first-order valence-corrected chi connectivity index (χ1v) is 8.91. The van der Waals surface area contributed by atoms with Gasteiger partial charge >= 0.3 is 0 Å². The molecule has 4 nitrogen and oxygen atoms in total. The molecule has 0 amide bonds. The number of nitrogens with zero attached hydrogens (tertiary/aromatic N) is 2. The Bertz CT molecular complexity index is 921. The predicted octanol–water partition coefficient (Wildman–Crippen LogP) is 4.90. The van der Waals surface area contributed by atoms with Gasteiger partial charge in [0.25, 0.3) is 0 Å². The average Bonchev–Trinajstić information content (AvgIpc) is 2.63. The van der Waals surface area contributed by atoms with E-state index in [1.165, 1.54) is 16.5 Å². The molecule has 3 aromatic rings. The van der Waals surface area contributed by atoms with Gasteiger partial charge in [-0.05, 0) is 55.7 Å². The summed E-state index contributed by atoms with van der Waals surface area (Å²) in [5, 5.41) is 1.21. The average molecular weight is 350 g/mol. The van der Waals surface area contributed by atoms with Gasteiger partial charge in [-0.3, -0.25) is 0 Å². The van der Waals surface area contributed by atoms with Gasteiger partial charge < -0.3 is 14.4 Å². The van der Waals surface area contributed by atoms with Gasteiger partial charge in [-0.25, -0.2) is 4.98 Å². The number of methoxy groups -OCH3 is 1. The Hall–Kier alpha value is -2.75. The number of fused-ring (bicyclic) bond motifs is 1. The lowest BCUT2D eigenvalue weighted by atomic mass is 10.1. The highest BCUT2D eigenvalue weighted by Gasteiger charge is 2.11. The highest BCUT2D eigenvalue weighted by Crippen LogP contribution is 2.29. The lowest BCUT2D eigenvalue weighted by Crippen LogP contribution is -2.18. The lowest BCUT2D eigenvalue weighted by Gasteiger charge is -2.21. The molecule has 0 N–H and O–H groups in total. The van der Waals surface area contributed by atoms with E-state index in [2.05, 4.69) is 56.1 Å². The van der Waals surface area contributed by atoms with Gasteiger partial charge in [0.15, 0.2) is 11.5 Å². The molecule has 0 aliphatic carbocycles. The summed E-state index contributed by atoms with van der Waals surface area (Å²) in [6, 6.07) is 14.5. The van der Waals surface area contributed by atoms with Gasteiger partial charge in [-0.2, -0.15) is 0 Å². The van der Waals surface area contributed by atoms with E-state index in [0.29, 0.717) is 6.61 Å². The van der Waals surface area contributed by atoms with Gasteiger partial charge in [-0.1, -0.05) is 24.3 Å². The van der Waals surface area contributed by atoms with Crippen LogP contribution in [0.1, 0.15) is 23.6 Å². The summed E-state index contributed by atoms with van der Waals surface area (Å²) in [7, 11) is 3.73. The number of rotatable bonds is 6. The zero-order valence-electron chi connectivity index (χ0n) is 16.2. The van der Waals surface area contributed by atoms with Crippen molar-refractivity contribution in [3.8, 4) is 11.5 Å². The fraction of sp³-hybridized carbons (Fsp3) is 0.318. The maximum Gasteiger partial charge on any atom is 0.161 e. The Morgan fingerprint density at radius 3 is 2.54 bits per heavy atom. The third-order valence-corrected chi connectivity index (χ3v) is 4.57. The predicted molar refractivity (Wildman–Crippen MR) is 107 cm³/mol. The van der Waals surface area contributed by atoms with Crippen LogP contribution in [0.4, 0.5) is 5.82 Å². The van der Waals surface area contributed by atoms with Crippen LogP contribution in [0.25, 0.3) is 10.9 Å². The zero-order valence-corrected chi connectivity index (χ0v) is 16.2. The molecule has 2 aromatic carbocycles. The number of para-hydroxylation sites is 1. The molecule has 0 saturated heterocycles. The van der Waals surface area contributed by atoms with Crippen LogP contribution in [-0.4, -0.2) is 25.7 Å². The first-order chi connectivity index (χ1) is 12.5. The van der Waals surface area contributed by atoms with Crippen molar-refractivity contribution >= 4 is 16.7 Å². The largest absolute Gasteiger partial charge is 0.493 e. The van der Waals surface area contributed by atoms with Crippen LogP contribution in [0.3, 0.4) is 0 Å². The van der Waals surface area contributed by atoms with Gasteiger partial charge in [0.1, 0.15) is 5.82 Å². The Kier molecular flexibility index (Phi) is 5.31. The van der Waals surface area contributed by atoms with Crippen molar-refractivity contribution in [1.82, 2.24) is 4.98 Å². The van der Waals surface area contributed by atoms with E-state index in [1.807, 2.05) is 19.1 Å². The Balaban J connectivity index is 1.89. The summed E-state index contributed by atoms with van der Waals surface area (Å²) in [5.41, 5.74) is 4.66. The molecular weight excluding hydrogens is 324 g/mol. The third-order valence-electron chi connectivity index (χ3n) is 4.57. The summed E-state index contributed by atoms with van der Waals surface area (Å²) in [5.74, 6) is 2.50. The standard InChI is InChI=1S/C22H26N2O2/c1-6-26-19-11-10-17(13-20(19)25-5)14-24(4)21-12-16(3)18-9-7-8-15(2)22(18)23-21/h7-13H,6,14H2,1-5H3. The summed E-state index contributed by atoms with van der Waals surface area (Å²) < 4.78 is 11.1. The van der Waals surface area contributed by atoms with Crippen molar-refractivity contribution in [2.45, 2.75) is 27.3 Å². The highest BCUT2D eigenvalue weighted by molar-refractivity contribution is 5.86. The van der Waals surface area contributed by atoms with Crippen molar-refractivity contribution in [1.29, 1.82) is 0 Å². The Morgan fingerprint density at radius 2 is 1.81 bits per heavy atom. The Labute approximate surface area is 155 Å². The van der Waals surface area contributed by atoms with Crippen LogP contribution in [0.15, 0.2) is 42.5 Å². The zero-order chi connectivity index (χ0) is 18.7. The minimum Gasteiger partial charge on any atom is -0.493 e. The molecule has 0 fully saturated rings. The number of aromatic nitrogens is 1. The Morgan fingerprint density at radius 1 is 1.00 bits per heavy atom. The second-order valence-electron chi connectivity index (χ2n) is 6.54. The quantitative estimate of drug-likeness (QED) is 0.633. The second kappa shape index (κ2) is 7.65. The molecule has 26 heavy (non-hydrogen) atoms. The third kappa shape index (κ3) is 3.59. The normalized spacial score (nSPS) is 10.8. The first kappa shape index (κ1) is 18.1. The van der Waals surface area contributed by atoms with E-state index >= 15 is 0 Å². The molecule has 0 aliphatic rings. The molecular formula is C22H26N2O2. The van der Waals surface area contributed by atoms with E-state index in [-0.39, 0.29) is 0 Å². The smallest absolute Gasteiger partial charge is 0.161 e. The van der Waals surface area contributed by atoms with Crippen LogP contribution in [0, 0.1) is 13.8 Å². The molecule has 1 heterocycles. The number of pyridine rings is 1. The fourth-order valence-electron chi connectivity index (χ4n) is 3.18. The molecule has 0 saturated carbocycles. The monoisotopic (exact) mass is 350 g/mol. The maximum atomic E-state index is 5.60. The van der Waals surface area contributed by atoms with Crippen molar-refractivity contribution < 1.29 is 9.47 Å². The number of hydrogen-bond acceptors (Lipinski definition) is 4. The minimum atomic E-state index is 0.620. The molecule has 0 unspecified atom stereocenters. The fourth-order valence-corrected chi connectivity index (χ4v) is 3.18. The summed E-state index contributed by atoms with van der Waals surface area (Å²) in [6.45, 7) is 7.58. The number of ether oxygens (including phenoxy) is 2. The van der Waals surface area contributed by atoms with Gasteiger partial charge in [-0.15, -0.1) is 0 Å².